The van der Waals surface area contributed by atoms with E-state index >= 15 is 0 Å². The van der Waals surface area contributed by atoms with Crippen molar-refractivity contribution in [3.05, 3.63) is 48.6 Å². The monoisotopic (exact) mass is 922 g/mol. The first kappa shape index (κ1) is 62.0. The fourth-order valence-corrected chi connectivity index (χ4v) is 8.02. The summed E-state index contributed by atoms with van der Waals surface area (Å²) in [6, 6.07) is 0. The topological polar surface area (TPSA) is 111 Å². The van der Waals surface area contributed by atoms with Crippen LogP contribution in [0.4, 0.5) is 0 Å². The molecule has 0 saturated carbocycles. The molecule has 0 aromatic carbocycles. The van der Waals surface area contributed by atoms with Crippen LogP contribution in [0.5, 0.6) is 0 Å². The van der Waals surface area contributed by atoms with Crippen molar-refractivity contribution in [1.29, 1.82) is 0 Å². The lowest BCUT2D eigenvalue weighted by Gasteiger charge is -2.28. The van der Waals surface area contributed by atoms with Crippen LogP contribution in [-0.4, -0.2) is 70.0 Å². The molecule has 0 N–H and O–H groups in total. The Labute approximate surface area is 394 Å². The van der Waals surface area contributed by atoms with Gasteiger partial charge in [0.15, 0.2) is 6.10 Å². The molecule has 0 aliphatic carbocycles. The quantitative estimate of drug-likeness (QED) is 0.0195. The van der Waals surface area contributed by atoms with Crippen molar-refractivity contribution in [2.75, 3.05) is 47.5 Å². The van der Waals surface area contributed by atoms with Gasteiger partial charge in [-0.3, -0.25) is 14.2 Å². The smallest absolute Gasteiger partial charge is 0.306 e. The van der Waals surface area contributed by atoms with Crippen LogP contribution in [0.15, 0.2) is 48.6 Å². The van der Waals surface area contributed by atoms with Crippen LogP contribution in [-0.2, 0) is 32.7 Å². The Morgan fingerprint density at radius 2 is 0.891 bits per heavy atom. The minimum atomic E-state index is -4.64. The van der Waals surface area contributed by atoms with Gasteiger partial charge in [0.25, 0.3) is 7.82 Å². The van der Waals surface area contributed by atoms with Crippen molar-refractivity contribution in [3.63, 3.8) is 0 Å². The largest absolute Gasteiger partial charge is 0.756 e. The molecule has 2 atom stereocenters. The summed E-state index contributed by atoms with van der Waals surface area (Å²) in [5.74, 6) is -0.842. The molecule has 0 heterocycles. The van der Waals surface area contributed by atoms with Crippen molar-refractivity contribution in [1.82, 2.24) is 0 Å². The molecule has 0 amide bonds. The molecule has 9 nitrogen and oxygen atoms in total. The van der Waals surface area contributed by atoms with E-state index in [0.29, 0.717) is 17.4 Å². The Hall–Kier alpha value is -2.03. The molecule has 0 aliphatic heterocycles. The minimum Gasteiger partial charge on any atom is -0.756 e. The molecule has 0 fully saturated rings. The van der Waals surface area contributed by atoms with Gasteiger partial charge >= 0.3 is 11.9 Å². The third kappa shape index (κ3) is 49.4. The lowest BCUT2D eigenvalue weighted by molar-refractivity contribution is -0.870. The fourth-order valence-electron chi connectivity index (χ4n) is 7.29. The van der Waals surface area contributed by atoms with E-state index in [2.05, 4.69) is 62.5 Å². The van der Waals surface area contributed by atoms with E-state index < -0.39 is 26.5 Å². The van der Waals surface area contributed by atoms with Gasteiger partial charge in [-0.15, -0.1) is 0 Å². The SMILES string of the molecule is CC/C=C\C/C=C\C/C=C\C/C=C\CCCCCCCCC(=O)OC(COC(=O)CCCCCCCCCCCCCCCCCCCCCCC)COP(=O)([O-])OCC[N+](C)(C)C. The number of rotatable bonds is 48. The summed E-state index contributed by atoms with van der Waals surface area (Å²) in [6.45, 7) is 4.13. The van der Waals surface area contributed by atoms with Crippen LogP contribution in [0.1, 0.15) is 232 Å². The van der Waals surface area contributed by atoms with E-state index in [1.54, 1.807) is 0 Å². The van der Waals surface area contributed by atoms with Gasteiger partial charge in [-0.05, 0) is 51.4 Å². The summed E-state index contributed by atoms with van der Waals surface area (Å²) in [5.41, 5.74) is 0. The number of carbonyl (C=O) groups excluding carboxylic acids is 2. The first-order valence-electron chi connectivity index (χ1n) is 26.3. The number of unbranched alkanes of at least 4 members (excludes halogenated alkanes) is 26. The van der Waals surface area contributed by atoms with Gasteiger partial charge in [0.05, 0.1) is 27.7 Å². The molecule has 0 radical (unpaired) electrons. The standard InChI is InChI=1S/C54H100NO8P/c1-6-8-10-12-14-16-18-20-22-24-26-27-29-30-32-34-36-38-40-42-44-46-53(56)60-50-52(51-62-64(58,59)61-49-48-55(3,4)5)63-54(57)47-45-43-41-39-37-35-33-31-28-25-23-21-19-17-15-13-11-9-7-2/h9,11,15,17,21,23,28,31,52H,6-8,10,12-14,16,18-20,22,24-27,29-30,32-51H2,1-5H3/b11-9-,17-15-,23-21-,31-28-. The lowest BCUT2D eigenvalue weighted by atomic mass is 10.0. The number of hydrogen-bond donors (Lipinski definition) is 0. The van der Waals surface area contributed by atoms with E-state index in [1.807, 2.05) is 21.1 Å². The summed E-state index contributed by atoms with van der Waals surface area (Å²) in [4.78, 5) is 37.8. The van der Waals surface area contributed by atoms with Crippen molar-refractivity contribution < 1.29 is 42.1 Å². The predicted molar refractivity (Wildman–Crippen MR) is 268 cm³/mol. The van der Waals surface area contributed by atoms with Crippen LogP contribution >= 0.6 is 7.82 Å². The lowest BCUT2D eigenvalue weighted by Crippen LogP contribution is -2.37. The zero-order valence-corrected chi connectivity index (χ0v) is 43.1. The van der Waals surface area contributed by atoms with Crippen LogP contribution in [0, 0.1) is 0 Å². The van der Waals surface area contributed by atoms with Crippen LogP contribution in [0.3, 0.4) is 0 Å². The molecule has 0 aromatic rings. The third-order valence-corrected chi connectivity index (χ3v) is 12.3. The molecular formula is C54H100NO8P. The normalized spacial score (nSPS) is 13.8. The highest BCUT2D eigenvalue weighted by Gasteiger charge is 2.21. The summed E-state index contributed by atoms with van der Waals surface area (Å²) in [7, 11) is 1.16. The number of phosphoric acid groups is 1. The van der Waals surface area contributed by atoms with E-state index in [4.69, 9.17) is 18.5 Å². The second kappa shape index (κ2) is 46.1. The molecule has 64 heavy (non-hydrogen) atoms. The number of likely N-dealkylation sites (N-methyl/N-ethyl adjacent to an activating group) is 1. The van der Waals surface area contributed by atoms with Crippen molar-refractivity contribution in [2.24, 2.45) is 0 Å². The van der Waals surface area contributed by atoms with Gasteiger partial charge in [0, 0.05) is 12.8 Å². The zero-order chi connectivity index (χ0) is 47.1. The number of phosphoric ester groups is 1. The van der Waals surface area contributed by atoms with Crippen LogP contribution in [0.25, 0.3) is 0 Å². The molecule has 0 saturated heterocycles. The predicted octanol–water partition coefficient (Wildman–Crippen LogP) is 15.2. The Bertz CT molecular complexity index is 1230. The summed E-state index contributed by atoms with van der Waals surface area (Å²) in [5, 5.41) is 0. The molecule has 0 aliphatic rings. The van der Waals surface area contributed by atoms with Crippen molar-refractivity contribution >= 4 is 19.8 Å². The second-order valence-electron chi connectivity index (χ2n) is 18.9. The maximum absolute atomic E-state index is 12.7. The van der Waals surface area contributed by atoms with Crippen molar-refractivity contribution in [3.8, 4) is 0 Å². The number of carbonyl (C=O) groups is 2. The zero-order valence-electron chi connectivity index (χ0n) is 42.2. The van der Waals surface area contributed by atoms with E-state index in [9.17, 15) is 19.0 Å². The number of allylic oxidation sites excluding steroid dienone is 8. The van der Waals surface area contributed by atoms with E-state index in [-0.39, 0.29) is 32.0 Å². The van der Waals surface area contributed by atoms with Gasteiger partial charge in [0.2, 0.25) is 0 Å². The Balaban J connectivity index is 4.23. The highest BCUT2D eigenvalue weighted by molar-refractivity contribution is 7.45. The maximum Gasteiger partial charge on any atom is 0.306 e. The van der Waals surface area contributed by atoms with Gasteiger partial charge in [-0.1, -0.05) is 217 Å². The summed E-state index contributed by atoms with van der Waals surface area (Å²) < 4.78 is 34.1. The number of esters is 2. The van der Waals surface area contributed by atoms with Crippen molar-refractivity contribution in [2.45, 2.75) is 238 Å². The van der Waals surface area contributed by atoms with Crippen LogP contribution < -0.4 is 4.89 Å². The van der Waals surface area contributed by atoms with Gasteiger partial charge in [0.1, 0.15) is 19.8 Å². The second-order valence-corrected chi connectivity index (χ2v) is 20.3. The summed E-state index contributed by atoms with van der Waals surface area (Å²) in [6.07, 6.45) is 55.7. The highest BCUT2D eigenvalue weighted by atomic mass is 31.2. The van der Waals surface area contributed by atoms with Gasteiger partial charge < -0.3 is 27.9 Å². The van der Waals surface area contributed by atoms with Gasteiger partial charge in [-0.25, -0.2) is 0 Å². The Morgan fingerprint density at radius 3 is 1.33 bits per heavy atom. The molecule has 0 bridgehead atoms. The van der Waals surface area contributed by atoms with Gasteiger partial charge in [-0.2, -0.15) is 0 Å². The number of hydrogen-bond acceptors (Lipinski definition) is 8. The first-order valence-corrected chi connectivity index (χ1v) is 27.8. The number of quaternary nitrogens is 1. The average molecular weight is 922 g/mol. The molecular weight excluding hydrogens is 822 g/mol. The molecule has 10 heteroatoms. The third-order valence-electron chi connectivity index (χ3n) is 11.4. The number of ether oxygens (including phenoxy) is 2. The fraction of sp³-hybridized carbons (Fsp3) is 0.815. The molecule has 2 unspecified atom stereocenters. The Kier molecular flexibility index (Phi) is 44.6. The van der Waals surface area contributed by atoms with E-state index in [1.165, 1.54) is 116 Å². The molecule has 0 rings (SSSR count). The number of nitrogens with zero attached hydrogens (tertiary/aromatic N) is 1. The van der Waals surface area contributed by atoms with Crippen LogP contribution in [0.2, 0.25) is 0 Å². The average Bonchev–Trinajstić information content (AvgIpc) is 3.25. The first-order chi connectivity index (χ1) is 31.0. The molecule has 0 spiro atoms. The minimum absolute atomic E-state index is 0.0341. The van der Waals surface area contributed by atoms with E-state index in [0.717, 1.165) is 83.5 Å². The highest BCUT2D eigenvalue weighted by Crippen LogP contribution is 2.38. The molecule has 0 aromatic heterocycles. The Morgan fingerprint density at radius 1 is 0.500 bits per heavy atom. The maximum atomic E-state index is 12.7. The molecule has 374 valence electrons. The summed E-state index contributed by atoms with van der Waals surface area (Å²) >= 11 is 0.